The molecule has 0 saturated heterocycles. The molecular formula is C28H20BrN. The molecule has 0 bridgehead atoms. The first-order valence-corrected chi connectivity index (χ1v) is 10.8. The Bertz CT molecular complexity index is 1300. The van der Waals surface area contributed by atoms with Crippen LogP contribution in [0, 0.1) is 0 Å². The van der Waals surface area contributed by atoms with Gasteiger partial charge < -0.3 is 5.32 Å². The molecule has 5 rings (SSSR count). The normalized spacial score (nSPS) is 10.8. The van der Waals surface area contributed by atoms with Crippen LogP contribution in [0.5, 0.6) is 0 Å². The van der Waals surface area contributed by atoms with E-state index in [-0.39, 0.29) is 0 Å². The maximum Gasteiger partial charge on any atom is 0.0384 e. The average molecular weight is 450 g/mol. The van der Waals surface area contributed by atoms with E-state index in [1.807, 2.05) is 12.1 Å². The van der Waals surface area contributed by atoms with Crippen molar-refractivity contribution in [3.05, 3.63) is 120 Å². The summed E-state index contributed by atoms with van der Waals surface area (Å²) in [6.45, 7) is 0. The van der Waals surface area contributed by atoms with Gasteiger partial charge in [0.15, 0.2) is 0 Å². The third-order valence-electron chi connectivity index (χ3n) is 5.34. The third-order valence-corrected chi connectivity index (χ3v) is 5.86. The molecular weight excluding hydrogens is 430 g/mol. The first kappa shape index (κ1) is 18.7. The Labute approximate surface area is 185 Å². The number of anilines is 2. The van der Waals surface area contributed by atoms with Gasteiger partial charge in [-0.15, -0.1) is 0 Å². The number of fused-ring (bicyclic) bond motifs is 1. The zero-order valence-corrected chi connectivity index (χ0v) is 17.9. The molecule has 30 heavy (non-hydrogen) atoms. The van der Waals surface area contributed by atoms with Gasteiger partial charge >= 0.3 is 0 Å². The van der Waals surface area contributed by atoms with Gasteiger partial charge in [0.1, 0.15) is 0 Å². The van der Waals surface area contributed by atoms with Gasteiger partial charge in [-0.05, 0) is 69.4 Å². The Hall–Kier alpha value is -3.36. The minimum absolute atomic E-state index is 1.07. The van der Waals surface area contributed by atoms with Crippen molar-refractivity contribution in [2.24, 2.45) is 0 Å². The monoisotopic (exact) mass is 449 g/mol. The number of hydrogen-bond acceptors (Lipinski definition) is 1. The van der Waals surface area contributed by atoms with Gasteiger partial charge in [-0.3, -0.25) is 0 Å². The van der Waals surface area contributed by atoms with Gasteiger partial charge in [0.2, 0.25) is 0 Å². The lowest BCUT2D eigenvalue weighted by Crippen LogP contribution is -1.90. The van der Waals surface area contributed by atoms with Gasteiger partial charge in [-0.1, -0.05) is 94.8 Å². The van der Waals surface area contributed by atoms with E-state index in [4.69, 9.17) is 0 Å². The summed E-state index contributed by atoms with van der Waals surface area (Å²) in [5.41, 5.74) is 7.11. The summed E-state index contributed by atoms with van der Waals surface area (Å²) >= 11 is 3.48. The Morgan fingerprint density at radius 3 is 1.80 bits per heavy atom. The summed E-state index contributed by atoms with van der Waals surface area (Å²) in [4.78, 5) is 0. The highest BCUT2D eigenvalue weighted by atomic mass is 79.9. The summed E-state index contributed by atoms with van der Waals surface area (Å²) in [6, 6.07) is 40.6. The third kappa shape index (κ3) is 3.74. The predicted molar refractivity (Wildman–Crippen MR) is 132 cm³/mol. The largest absolute Gasteiger partial charge is 0.356 e. The molecule has 0 spiro atoms. The van der Waals surface area contributed by atoms with E-state index < -0.39 is 0 Å². The van der Waals surface area contributed by atoms with Crippen molar-refractivity contribution in [2.75, 3.05) is 5.32 Å². The number of rotatable bonds is 4. The number of hydrogen-bond donors (Lipinski definition) is 1. The van der Waals surface area contributed by atoms with Crippen molar-refractivity contribution in [1.82, 2.24) is 0 Å². The minimum atomic E-state index is 1.07. The van der Waals surface area contributed by atoms with E-state index in [1.165, 1.54) is 33.0 Å². The molecule has 0 amide bonds. The van der Waals surface area contributed by atoms with E-state index >= 15 is 0 Å². The molecule has 1 N–H and O–H groups in total. The van der Waals surface area contributed by atoms with Gasteiger partial charge in [0.25, 0.3) is 0 Å². The highest BCUT2D eigenvalue weighted by molar-refractivity contribution is 9.10. The van der Waals surface area contributed by atoms with Crippen LogP contribution < -0.4 is 5.32 Å². The van der Waals surface area contributed by atoms with Crippen LogP contribution in [0.25, 0.3) is 33.0 Å². The fourth-order valence-corrected chi connectivity index (χ4v) is 4.13. The molecule has 5 aromatic carbocycles. The van der Waals surface area contributed by atoms with Gasteiger partial charge in [0, 0.05) is 15.8 Å². The average Bonchev–Trinajstić information content (AvgIpc) is 2.81. The van der Waals surface area contributed by atoms with Crippen LogP contribution in [0.2, 0.25) is 0 Å². The molecule has 144 valence electrons. The molecule has 0 aromatic heterocycles. The van der Waals surface area contributed by atoms with E-state index in [9.17, 15) is 0 Å². The van der Waals surface area contributed by atoms with Crippen molar-refractivity contribution in [2.45, 2.75) is 0 Å². The molecule has 1 nitrogen and oxygen atoms in total. The zero-order valence-electron chi connectivity index (χ0n) is 16.3. The maximum absolute atomic E-state index is 3.48. The van der Waals surface area contributed by atoms with Crippen molar-refractivity contribution in [1.29, 1.82) is 0 Å². The first-order valence-electron chi connectivity index (χ1n) is 9.98. The second-order valence-electron chi connectivity index (χ2n) is 7.28. The van der Waals surface area contributed by atoms with E-state index in [1.54, 1.807) is 0 Å². The van der Waals surface area contributed by atoms with Crippen LogP contribution in [-0.2, 0) is 0 Å². The molecule has 0 saturated carbocycles. The quantitative estimate of drug-likeness (QED) is 0.289. The lowest BCUT2D eigenvalue weighted by atomic mass is 9.91. The van der Waals surface area contributed by atoms with Crippen LogP contribution in [-0.4, -0.2) is 0 Å². The topological polar surface area (TPSA) is 12.0 Å². The second kappa shape index (κ2) is 8.17. The molecule has 0 unspecified atom stereocenters. The molecule has 0 fully saturated rings. The summed E-state index contributed by atoms with van der Waals surface area (Å²) in [5, 5.41) is 6.00. The van der Waals surface area contributed by atoms with Crippen molar-refractivity contribution < 1.29 is 0 Å². The maximum atomic E-state index is 3.48. The summed E-state index contributed by atoms with van der Waals surface area (Å²) in [6.07, 6.45) is 0. The molecule has 0 heterocycles. The number of halogens is 1. The fourth-order valence-electron chi connectivity index (χ4n) is 3.86. The van der Waals surface area contributed by atoms with Crippen LogP contribution >= 0.6 is 15.9 Å². The van der Waals surface area contributed by atoms with Crippen LogP contribution in [0.4, 0.5) is 11.4 Å². The van der Waals surface area contributed by atoms with Crippen molar-refractivity contribution in [3.63, 3.8) is 0 Å². The number of nitrogens with one attached hydrogen (secondary N) is 1. The van der Waals surface area contributed by atoms with Gasteiger partial charge in [0.05, 0.1) is 0 Å². The predicted octanol–water partition coefficient (Wildman–Crippen LogP) is 8.68. The smallest absolute Gasteiger partial charge is 0.0384 e. The summed E-state index contributed by atoms with van der Waals surface area (Å²) in [5.74, 6) is 0. The van der Waals surface area contributed by atoms with Crippen LogP contribution in [0.15, 0.2) is 120 Å². The van der Waals surface area contributed by atoms with Crippen LogP contribution in [0.3, 0.4) is 0 Å². The molecule has 5 aromatic rings. The molecule has 2 heteroatoms. The van der Waals surface area contributed by atoms with Crippen molar-refractivity contribution >= 4 is 38.1 Å². The van der Waals surface area contributed by atoms with E-state index in [0.717, 1.165) is 15.8 Å². The molecule has 0 aliphatic rings. The summed E-state index contributed by atoms with van der Waals surface area (Å²) < 4.78 is 1.08. The minimum Gasteiger partial charge on any atom is -0.356 e. The van der Waals surface area contributed by atoms with E-state index in [0.29, 0.717) is 0 Å². The highest BCUT2D eigenvalue weighted by Crippen LogP contribution is 2.36. The highest BCUT2D eigenvalue weighted by Gasteiger charge is 2.10. The summed E-state index contributed by atoms with van der Waals surface area (Å²) in [7, 11) is 0. The number of benzene rings is 5. The Balaban J connectivity index is 1.52. The van der Waals surface area contributed by atoms with Crippen LogP contribution in [0.1, 0.15) is 0 Å². The lowest BCUT2D eigenvalue weighted by molar-refractivity contribution is 1.53. The first-order chi connectivity index (χ1) is 14.8. The molecule has 0 aliphatic heterocycles. The second-order valence-corrected chi connectivity index (χ2v) is 8.20. The Morgan fingerprint density at radius 2 is 1.03 bits per heavy atom. The Morgan fingerprint density at radius 1 is 0.467 bits per heavy atom. The Kier molecular flexibility index (Phi) is 5.08. The SMILES string of the molecule is Brc1ccc(Nc2ccc(-c3ccccc3-c3cccc4ccccc34)cc2)cc1. The standard InChI is InChI=1S/C28H20BrN/c29-22-14-18-24(19-15-22)30-23-16-12-21(13-17-23)26-9-3-4-10-27(26)28-11-5-7-20-6-1-2-8-25(20)28/h1-19,30H. The fraction of sp³-hybridized carbons (Fsp3) is 0. The molecule has 0 atom stereocenters. The molecule has 0 aliphatic carbocycles. The zero-order chi connectivity index (χ0) is 20.3. The van der Waals surface area contributed by atoms with Crippen molar-refractivity contribution in [3.8, 4) is 22.3 Å². The van der Waals surface area contributed by atoms with Gasteiger partial charge in [-0.25, -0.2) is 0 Å². The van der Waals surface area contributed by atoms with Gasteiger partial charge in [-0.2, -0.15) is 0 Å². The van der Waals surface area contributed by atoms with E-state index in [2.05, 4.69) is 124 Å². The lowest BCUT2D eigenvalue weighted by Gasteiger charge is -2.13. The molecule has 0 radical (unpaired) electrons.